The molecule has 0 bridgehead atoms. The first-order valence-corrected chi connectivity index (χ1v) is 4.72. The summed E-state index contributed by atoms with van der Waals surface area (Å²) in [7, 11) is 0. The van der Waals surface area contributed by atoms with Gasteiger partial charge in [0, 0.05) is 11.7 Å². The molecule has 0 unspecified atom stereocenters. The zero-order valence-electron chi connectivity index (χ0n) is 8.39. The lowest BCUT2D eigenvalue weighted by atomic mass is 10.2. The summed E-state index contributed by atoms with van der Waals surface area (Å²) in [5, 5.41) is 0. The Morgan fingerprint density at radius 3 is 2.60 bits per heavy atom. The van der Waals surface area contributed by atoms with Crippen LogP contribution in [0.25, 0.3) is 5.69 Å². The summed E-state index contributed by atoms with van der Waals surface area (Å²) in [4.78, 5) is 4.03. The number of rotatable bonds is 2. The van der Waals surface area contributed by atoms with Crippen LogP contribution in [-0.2, 0) is 0 Å². The Balaban J connectivity index is 2.45. The largest absolute Gasteiger partial charge is 0.323 e. The molecule has 0 amide bonds. The third-order valence-electron chi connectivity index (χ3n) is 2.24. The third-order valence-corrected chi connectivity index (χ3v) is 2.24. The Labute approximate surface area is 87.4 Å². The van der Waals surface area contributed by atoms with Crippen molar-refractivity contribution in [2.24, 2.45) is 5.73 Å². The van der Waals surface area contributed by atoms with Crippen molar-refractivity contribution >= 4 is 0 Å². The quantitative estimate of drug-likeness (QED) is 0.815. The van der Waals surface area contributed by atoms with Gasteiger partial charge in [-0.2, -0.15) is 0 Å². The van der Waals surface area contributed by atoms with Gasteiger partial charge in [0.1, 0.15) is 5.82 Å². The van der Waals surface area contributed by atoms with Gasteiger partial charge in [-0.15, -0.1) is 0 Å². The summed E-state index contributed by atoms with van der Waals surface area (Å²) in [5.74, 6) is -0.249. The zero-order chi connectivity index (χ0) is 10.8. The lowest BCUT2D eigenvalue weighted by molar-refractivity contribution is 0.627. The van der Waals surface area contributed by atoms with E-state index in [0.29, 0.717) is 0 Å². The van der Waals surface area contributed by atoms with Gasteiger partial charge in [0.25, 0.3) is 0 Å². The normalized spacial score (nSPS) is 12.7. The van der Waals surface area contributed by atoms with E-state index in [1.165, 1.54) is 12.1 Å². The van der Waals surface area contributed by atoms with Gasteiger partial charge in [-0.3, -0.25) is 0 Å². The first-order chi connectivity index (χ1) is 7.18. The maximum Gasteiger partial charge on any atom is 0.123 e. The minimum Gasteiger partial charge on any atom is -0.323 e. The third kappa shape index (κ3) is 1.89. The van der Waals surface area contributed by atoms with Crippen LogP contribution in [0.4, 0.5) is 4.39 Å². The number of nitrogens with zero attached hydrogens (tertiary/aromatic N) is 2. The van der Waals surface area contributed by atoms with Crippen LogP contribution < -0.4 is 5.73 Å². The molecular weight excluding hydrogens is 193 g/mol. The average molecular weight is 205 g/mol. The second-order valence-corrected chi connectivity index (χ2v) is 3.45. The molecule has 4 heteroatoms. The maximum atomic E-state index is 12.7. The molecule has 1 atom stereocenters. The molecule has 2 rings (SSSR count). The summed E-state index contributed by atoms with van der Waals surface area (Å²) in [6.07, 6.45) is 3.39. The molecule has 0 spiro atoms. The molecule has 0 aliphatic heterocycles. The molecule has 0 fully saturated rings. The van der Waals surface area contributed by atoms with Gasteiger partial charge in [0.2, 0.25) is 0 Å². The highest BCUT2D eigenvalue weighted by molar-refractivity contribution is 5.34. The average Bonchev–Trinajstić information content (AvgIpc) is 2.67. The Morgan fingerprint density at radius 2 is 2.00 bits per heavy atom. The first kappa shape index (κ1) is 9.86. The number of benzene rings is 1. The van der Waals surface area contributed by atoms with Crippen molar-refractivity contribution in [3.63, 3.8) is 0 Å². The van der Waals surface area contributed by atoms with Crippen LogP contribution in [0.15, 0.2) is 36.8 Å². The molecule has 0 aliphatic carbocycles. The first-order valence-electron chi connectivity index (χ1n) is 4.72. The zero-order valence-corrected chi connectivity index (χ0v) is 8.39. The van der Waals surface area contributed by atoms with E-state index >= 15 is 0 Å². The number of imidazole rings is 1. The highest BCUT2D eigenvalue weighted by Crippen LogP contribution is 2.15. The topological polar surface area (TPSA) is 43.8 Å². The fourth-order valence-electron chi connectivity index (χ4n) is 1.46. The summed E-state index contributed by atoms with van der Waals surface area (Å²) in [6.45, 7) is 1.89. The van der Waals surface area contributed by atoms with Gasteiger partial charge in [-0.25, -0.2) is 9.37 Å². The highest BCUT2D eigenvalue weighted by atomic mass is 19.1. The molecule has 3 nitrogen and oxygen atoms in total. The van der Waals surface area contributed by atoms with E-state index in [0.717, 1.165) is 11.4 Å². The lowest BCUT2D eigenvalue weighted by Crippen LogP contribution is -2.10. The molecule has 1 heterocycles. The van der Waals surface area contributed by atoms with Gasteiger partial charge >= 0.3 is 0 Å². The van der Waals surface area contributed by atoms with Crippen LogP contribution in [0.2, 0.25) is 0 Å². The SMILES string of the molecule is C[C@@H](N)c1cncn1-c1ccc(F)cc1. The fraction of sp³-hybridized carbons (Fsp3) is 0.182. The minimum atomic E-state index is -0.249. The van der Waals surface area contributed by atoms with Crippen LogP contribution in [-0.4, -0.2) is 9.55 Å². The number of aromatic nitrogens is 2. The van der Waals surface area contributed by atoms with E-state index in [1.54, 1.807) is 24.7 Å². The van der Waals surface area contributed by atoms with E-state index in [9.17, 15) is 4.39 Å². The number of nitrogens with two attached hydrogens (primary N) is 1. The molecular formula is C11H12FN3. The van der Waals surface area contributed by atoms with E-state index in [-0.39, 0.29) is 11.9 Å². The second-order valence-electron chi connectivity index (χ2n) is 3.45. The summed E-state index contributed by atoms with van der Waals surface area (Å²) in [5.41, 5.74) is 7.56. The van der Waals surface area contributed by atoms with Crippen molar-refractivity contribution < 1.29 is 4.39 Å². The monoisotopic (exact) mass is 205 g/mol. The Bertz CT molecular complexity index is 445. The Hall–Kier alpha value is -1.68. The van der Waals surface area contributed by atoms with Crippen LogP contribution in [0, 0.1) is 5.82 Å². The van der Waals surface area contributed by atoms with Crippen molar-refractivity contribution in [1.82, 2.24) is 9.55 Å². The number of hydrogen-bond donors (Lipinski definition) is 1. The van der Waals surface area contributed by atoms with E-state index in [1.807, 2.05) is 11.5 Å². The van der Waals surface area contributed by atoms with Gasteiger partial charge < -0.3 is 10.3 Å². The highest BCUT2D eigenvalue weighted by Gasteiger charge is 2.07. The molecule has 78 valence electrons. The van der Waals surface area contributed by atoms with Crippen LogP contribution in [0.5, 0.6) is 0 Å². The van der Waals surface area contributed by atoms with Crippen molar-refractivity contribution in [3.8, 4) is 5.69 Å². The molecule has 1 aromatic heterocycles. The minimum absolute atomic E-state index is 0.0995. The standard InChI is InChI=1S/C11H12FN3/c1-8(13)11-6-14-7-15(11)10-4-2-9(12)3-5-10/h2-8H,13H2,1H3/t8-/m1/s1. The second kappa shape index (κ2) is 3.82. The molecule has 1 aromatic carbocycles. The number of halogens is 1. The van der Waals surface area contributed by atoms with Crippen LogP contribution in [0.1, 0.15) is 18.7 Å². The summed E-state index contributed by atoms with van der Waals surface area (Å²) in [6, 6.07) is 6.13. The Morgan fingerprint density at radius 1 is 1.33 bits per heavy atom. The predicted octanol–water partition coefficient (Wildman–Crippen LogP) is 2.03. The molecule has 15 heavy (non-hydrogen) atoms. The molecule has 0 radical (unpaired) electrons. The number of hydrogen-bond acceptors (Lipinski definition) is 2. The summed E-state index contributed by atoms with van der Waals surface area (Å²) >= 11 is 0. The van der Waals surface area contributed by atoms with Crippen LogP contribution >= 0.6 is 0 Å². The summed E-state index contributed by atoms with van der Waals surface area (Å²) < 4.78 is 14.6. The molecule has 0 saturated carbocycles. The van der Waals surface area contributed by atoms with E-state index < -0.39 is 0 Å². The predicted molar refractivity (Wildman–Crippen MR) is 56.1 cm³/mol. The van der Waals surface area contributed by atoms with Crippen molar-refractivity contribution in [2.45, 2.75) is 13.0 Å². The Kier molecular flexibility index (Phi) is 2.51. The van der Waals surface area contributed by atoms with E-state index in [4.69, 9.17) is 5.73 Å². The van der Waals surface area contributed by atoms with Gasteiger partial charge in [-0.05, 0) is 31.2 Å². The molecule has 2 aromatic rings. The van der Waals surface area contributed by atoms with Crippen molar-refractivity contribution in [2.75, 3.05) is 0 Å². The smallest absolute Gasteiger partial charge is 0.123 e. The van der Waals surface area contributed by atoms with Crippen molar-refractivity contribution in [1.29, 1.82) is 0 Å². The van der Waals surface area contributed by atoms with Gasteiger partial charge in [0.05, 0.1) is 18.2 Å². The molecule has 0 saturated heterocycles. The van der Waals surface area contributed by atoms with Crippen molar-refractivity contribution in [3.05, 3.63) is 48.3 Å². The van der Waals surface area contributed by atoms with Gasteiger partial charge in [0.15, 0.2) is 0 Å². The van der Waals surface area contributed by atoms with Gasteiger partial charge in [-0.1, -0.05) is 0 Å². The molecule has 0 aliphatic rings. The van der Waals surface area contributed by atoms with Crippen LogP contribution in [0.3, 0.4) is 0 Å². The maximum absolute atomic E-state index is 12.7. The fourth-order valence-corrected chi connectivity index (χ4v) is 1.46. The van der Waals surface area contributed by atoms with E-state index in [2.05, 4.69) is 4.98 Å². The lowest BCUT2D eigenvalue weighted by Gasteiger charge is -2.10. The molecule has 2 N–H and O–H groups in total.